The molecule has 3 rings (SSSR count). The number of anilines is 1. The highest BCUT2D eigenvalue weighted by atomic mass is 19.1. The summed E-state index contributed by atoms with van der Waals surface area (Å²) in [5.74, 6) is -0.250. The average molecular weight is 241 g/mol. The Kier molecular flexibility index (Phi) is 2.30. The lowest BCUT2D eigenvalue weighted by atomic mass is 10.1. The number of nitrogens with zero attached hydrogens (tertiary/aromatic N) is 1. The first-order valence-corrected chi connectivity index (χ1v) is 5.65. The number of hydrogen-bond acceptors (Lipinski definition) is 2. The van der Waals surface area contributed by atoms with E-state index >= 15 is 0 Å². The molecule has 1 aromatic carbocycles. The van der Waals surface area contributed by atoms with Crippen LogP contribution >= 0.6 is 0 Å². The van der Waals surface area contributed by atoms with Gasteiger partial charge in [-0.3, -0.25) is 0 Å². The third-order valence-corrected chi connectivity index (χ3v) is 2.98. The second-order valence-electron chi connectivity index (χ2n) is 4.33. The van der Waals surface area contributed by atoms with Gasteiger partial charge in [-0.05, 0) is 36.8 Å². The van der Waals surface area contributed by atoms with Crippen LogP contribution in [0, 0.1) is 12.7 Å². The quantitative estimate of drug-likeness (QED) is 0.687. The fourth-order valence-corrected chi connectivity index (χ4v) is 2.03. The van der Waals surface area contributed by atoms with Gasteiger partial charge in [0, 0.05) is 22.8 Å². The first kappa shape index (κ1) is 10.8. The third kappa shape index (κ3) is 1.62. The lowest BCUT2D eigenvalue weighted by Crippen LogP contribution is -1.86. The number of nitrogen functional groups attached to an aromatic ring is 1. The number of aromatic amines is 1. The molecule has 0 radical (unpaired) electrons. The Balaban J connectivity index is 2.23. The Hall–Kier alpha value is -2.36. The molecule has 0 bridgehead atoms. The van der Waals surface area contributed by atoms with Crippen LogP contribution in [0.5, 0.6) is 0 Å². The van der Waals surface area contributed by atoms with Gasteiger partial charge in [0.1, 0.15) is 11.5 Å². The number of halogens is 1. The van der Waals surface area contributed by atoms with Gasteiger partial charge in [-0.25, -0.2) is 9.37 Å². The van der Waals surface area contributed by atoms with Crippen molar-refractivity contribution in [2.45, 2.75) is 6.92 Å². The summed E-state index contributed by atoms with van der Waals surface area (Å²) < 4.78 is 13.9. The average Bonchev–Trinajstić information content (AvgIpc) is 2.74. The summed E-state index contributed by atoms with van der Waals surface area (Å²) in [5, 5.41) is 0.812. The van der Waals surface area contributed by atoms with Gasteiger partial charge in [-0.2, -0.15) is 0 Å². The summed E-state index contributed by atoms with van der Waals surface area (Å²) in [6.45, 7) is 1.86. The SMILES string of the molecule is Cc1ccc(-c2cc3c(N)ccnc3[nH]2)c(F)c1. The largest absolute Gasteiger partial charge is 0.398 e. The molecule has 18 heavy (non-hydrogen) atoms. The van der Waals surface area contributed by atoms with E-state index in [9.17, 15) is 4.39 Å². The Morgan fingerprint density at radius 2 is 2.06 bits per heavy atom. The summed E-state index contributed by atoms with van der Waals surface area (Å²) >= 11 is 0. The first-order valence-electron chi connectivity index (χ1n) is 5.65. The number of nitrogens with two attached hydrogens (primary N) is 1. The van der Waals surface area contributed by atoms with E-state index in [-0.39, 0.29) is 5.82 Å². The maximum absolute atomic E-state index is 13.9. The van der Waals surface area contributed by atoms with E-state index in [2.05, 4.69) is 9.97 Å². The van der Waals surface area contributed by atoms with Gasteiger partial charge in [-0.1, -0.05) is 6.07 Å². The Morgan fingerprint density at radius 1 is 1.22 bits per heavy atom. The van der Waals surface area contributed by atoms with Crippen LogP contribution < -0.4 is 5.73 Å². The van der Waals surface area contributed by atoms with Crippen LogP contribution in [-0.4, -0.2) is 9.97 Å². The summed E-state index contributed by atoms with van der Waals surface area (Å²) in [4.78, 5) is 7.26. The van der Waals surface area contributed by atoms with Gasteiger partial charge in [-0.15, -0.1) is 0 Å². The molecular formula is C14H12FN3. The molecule has 3 N–H and O–H groups in total. The summed E-state index contributed by atoms with van der Waals surface area (Å²) in [6.07, 6.45) is 1.63. The minimum Gasteiger partial charge on any atom is -0.398 e. The molecule has 90 valence electrons. The van der Waals surface area contributed by atoms with Gasteiger partial charge >= 0.3 is 0 Å². The molecule has 3 aromatic rings. The molecule has 0 saturated heterocycles. The van der Waals surface area contributed by atoms with Crippen LogP contribution in [-0.2, 0) is 0 Å². The molecule has 0 unspecified atom stereocenters. The zero-order valence-electron chi connectivity index (χ0n) is 9.87. The maximum atomic E-state index is 13.9. The van der Waals surface area contributed by atoms with Crippen LogP contribution in [0.25, 0.3) is 22.3 Å². The van der Waals surface area contributed by atoms with Crippen molar-refractivity contribution in [1.29, 1.82) is 0 Å². The monoisotopic (exact) mass is 241 g/mol. The fraction of sp³-hybridized carbons (Fsp3) is 0.0714. The van der Waals surface area contributed by atoms with E-state index in [4.69, 9.17) is 5.73 Å². The Bertz CT molecular complexity index is 731. The molecule has 0 aliphatic carbocycles. The van der Waals surface area contributed by atoms with Gasteiger partial charge in [0.2, 0.25) is 0 Å². The molecule has 3 nitrogen and oxygen atoms in total. The van der Waals surface area contributed by atoms with Crippen molar-refractivity contribution in [3.8, 4) is 11.3 Å². The maximum Gasteiger partial charge on any atom is 0.139 e. The number of aryl methyl sites for hydroxylation is 1. The number of fused-ring (bicyclic) bond motifs is 1. The van der Waals surface area contributed by atoms with Crippen molar-refractivity contribution in [3.63, 3.8) is 0 Å². The van der Waals surface area contributed by atoms with Gasteiger partial charge in [0.25, 0.3) is 0 Å². The predicted octanol–water partition coefficient (Wildman–Crippen LogP) is 3.26. The number of nitrogens with one attached hydrogen (secondary N) is 1. The van der Waals surface area contributed by atoms with Crippen LogP contribution in [0.4, 0.5) is 10.1 Å². The zero-order chi connectivity index (χ0) is 12.7. The second kappa shape index (κ2) is 3.84. The Morgan fingerprint density at radius 3 is 2.78 bits per heavy atom. The number of benzene rings is 1. The molecule has 0 aliphatic heterocycles. The van der Waals surface area contributed by atoms with E-state index < -0.39 is 0 Å². The molecule has 0 aliphatic rings. The van der Waals surface area contributed by atoms with Crippen LogP contribution in [0.3, 0.4) is 0 Å². The number of hydrogen-bond donors (Lipinski definition) is 2. The van der Waals surface area contributed by atoms with E-state index in [1.807, 2.05) is 19.1 Å². The van der Waals surface area contributed by atoms with Crippen molar-refractivity contribution in [1.82, 2.24) is 9.97 Å². The Labute approximate surface area is 103 Å². The normalized spacial score (nSPS) is 11.0. The van der Waals surface area contributed by atoms with E-state index in [0.717, 1.165) is 10.9 Å². The smallest absolute Gasteiger partial charge is 0.139 e. The van der Waals surface area contributed by atoms with Crippen molar-refractivity contribution >= 4 is 16.7 Å². The molecule has 0 spiro atoms. The van der Waals surface area contributed by atoms with Crippen LogP contribution in [0.15, 0.2) is 36.5 Å². The molecule has 2 heterocycles. The number of aromatic nitrogens is 2. The van der Waals surface area contributed by atoms with Gasteiger partial charge in [0.15, 0.2) is 0 Å². The van der Waals surface area contributed by atoms with E-state index in [1.165, 1.54) is 6.07 Å². The number of rotatable bonds is 1. The van der Waals surface area contributed by atoms with E-state index in [0.29, 0.717) is 22.6 Å². The summed E-state index contributed by atoms with van der Waals surface area (Å²) in [5.41, 5.74) is 9.27. The van der Waals surface area contributed by atoms with Crippen molar-refractivity contribution in [3.05, 3.63) is 47.9 Å². The molecule has 0 saturated carbocycles. The molecule has 0 amide bonds. The minimum atomic E-state index is -0.250. The fourth-order valence-electron chi connectivity index (χ4n) is 2.03. The highest BCUT2D eigenvalue weighted by molar-refractivity contribution is 5.92. The topological polar surface area (TPSA) is 54.7 Å². The number of H-pyrrole nitrogens is 1. The highest BCUT2D eigenvalue weighted by Crippen LogP contribution is 2.28. The van der Waals surface area contributed by atoms with Crippen molar-refractivity contribution in [2.75, 3.05) is 5.73 Å². The van der Waals surface area contributed by atoms with Gasteiger partial charge in [0.05, 0.1) is 5.69 Å². The van der Waals surface area contributed by atoms with Gasteiger partial charge < -0.3 is 10.7 Å². The second-order valence-corrected chi connectivity index (χ2v) is 4.33. The number of pyridine rings is 1. The predicted molar refractivity (Wildman–Crippen MR) is 70.6 cm³/mol. The minimum absolute atomic E-state index is 0.250. The highest BCUT2D eigenvalue weighted by Gasteiger charge is 2.10. The van der Waals surface area contributed by atoms with Crippen molar-refractivity contribution in [2.24, 2.45) is 0 Å². The lowest BCUT2D eigenvalue weighted by Gasteiger charge is -2.01. The molecule has 2 aromatic heterocycles. The van der Waals surface area contributed by atoms with Crippen molar-refractivity contribution < 1.29 is 4.39 Å². The lowest BCUT2D eigenvalue weighted by molar-refractivity contribution is 0.629. The molecule has 4 heteroatoms. The van der Waals surface area contributed by atoms with Crippen LogP contribution in [0.1, 0.15) is 5.56 Å². The van der Waals surface area contributed by atoms with Crippen LogP contribution in [0.2, 0.25) is 0 Å². The molecular weight excluding hydrogens is 229 g/mol. The zero-order valence-corrected chi connectivity index (χ0v) is 9.87. The van der Waals surface area contributed by atoms with E-state index in [1.54, 1.807) is 18.3 Å². The molecule has 0 fully saturated rings. The standard InChI is InChI=1S/C14H12FN3/c1-8-2-3-9(11(15)6-8)13-7-10-12(16)4-5-17-14(10)18-13/h2-7H,1H3,(H3,16,17,18). The molecule has 0 atom stereocenters. The summed E-state index contributed by atoms with van der Waals surface area (Å²) in [7, 11) is 0. The first-order chi connectivity index (χ1) is 8.65. The summed E-state index contributed by atoms with van der Waals surface area (Å²) in [6, 6.07) is 8.70. The third-order valence-electron chi connectivity index (χ3n) is 2.98.